The van der Waals surface area contributed by atoms with Crippen molar-refractivity contribution >= 4 is 34.5 Å². The Morgan fingerprint density at radius 2 is 1.71 bits per heavy atom. The first-order valence-electron chi connectivity index (χ1n) is 8.90. The van der Waals surface area contributed by atoms with Crippen LogP contribution in [0.1, 0.15) is 33.3 Å². The summed E-state index contributed by atoms with van der Waals surface area (Å²) in [5.74, 6) is -0.328. The van der Waals surface area contributed by atoms with Gasteiger partial charge in [-0.05, 0) is 30.2 Å². The summed E-state index contributed by atoms with van der Waals surface area (Å²) in [6, 6.07) is 14.0. The number of fused-ring (bicyclic) bond motifs is 1. The quantitative estimate of drug-likeness (QED) is 0.853. The summed E-state index contributed by atoms with van der Waals surface area (Å²) in [7, 11) is 0. The second-order valence-corrected chi connectivity index (χ2v) is 6.93. The zero-order chi connectivity index (χ0) is 20.3. The number of hydrogen-bond acceptors (Lipinski definition) is 6. The Kier molecular flexibility index (Phi) is 5.41. The number of carbonyl (C=O) groups excluding carboxylic acids is 2. The number of hydrogen-bond donors (Lipinski definition) is 2. The van der Waals surface area contributed by atoms with Gasteiger partial charge in [-0.15, -0.1) is 0 Å². The van der Waals surface area contributed by atoms with Crippen LogP contribution < -0.4 is 10.6 Å². The van der Waals surface area contributed by atoms with Crippen LogP contribution in [0.25, 0.3) is 10.8 Å². The van der Waals surface area contributed by atoms with Gasteiger partial charge < -0.3 is 0 Å². The van der Waals surface area contributed by atoms with E-state index in [2.05, 4.69) is 20.6 Å². The summed E-state index contributed by atoms with van der Waals surface area (Å²) < 4.78 is 0. The van der Waals surface area contributed by atoms with E-state index in [1.54, 1.807) is 13.8 Å². The van der Waals surface area contributed by atoms with Crippen LogP contribution in [0.4, 0.5) is 0 Å². The average Bonchev–Trinajstić information content (AvgIpc) is 2.59. The fourth-order valence-electron chi connectivity index (χ4n) is 2.96. The van der Waals surface area contributed by atoms with Crippen molar-refractivity contribution in [3.63, 3.8) is 0 Å². The maximum absolute atomic E-state index is 11.6. The molecule has 146 valence electrons. The van der Waals surface area contributed by atoms with Gasteiger partial charge in [0.1, 0.15) is 6.61 Å². The molecule has 2 aromatic rings. The second-order valence-electron chi connectivity index (χ2n) is 6.93. The third-order valence-corrected chi connectivity index (χ3v) is 4.09. The SMILES string of the molecule is CC(=O)NC1=NC(C)(C)N(OCc2cccc3ccccc23)C(NC(C)=O)=N1. The summed E-state index contributed by atoms with van der Waals surface area (Å²) in [5.41, 5.74) is 0.0924. The van der Waals surface area contributed by atoms with Crippen molar-refractivity contribution < 1.29 is 14.4 Å². The van der Waals surface area contributed by atoms with E-state index in [-0.39, 0.29) is 30.3 Å². The summed E-state index contributed by atoms with van der Waals surface area (Å²) in [6.45, 7) is 6.60. The predicted octanol–water partition coefficient (Wildman–Crippen LogP) is 2.31. The molecule has 1 heterocycles. The van der Waals surface area contributed by atoms with Crippen LogP contribution >= 0.6 is 0 Å². The molecule has 8 heteroatoms. The van der Waals surface area contributed by atoms with E-state index in [9.17, 15) is 9.59 Å². The lowest BCUT2D eigenvalue weighted by atomic mass is 10.1. The monoisotopic (exact) mass is 381 g/mol. The highest BCUT2D eigenvalue weighted by molar-refractivity contribution is 6.07. The molecule has 0 fully saturated rings. The molecule has 0 saturated heterocycles. The Balaban J connectivity index is 1.88. The third kappa shape index (κ3) is 4.34. The number of aliphatic imine (C=N–C) groups is 2. The van der Waals surface area contributed by atoms with E-state index < -0.39 is 5.66 Å². The molecule has 1 aliphatic heterocycles. The number of benzene rings is 2. The molecule has 0 aromatic heterocycles. The summed E-state index contributed by atoms with van der Waals surface area (Å²) in [4.78, 5) is 37.7. The minimum absolute atomic E-state index is 0.117. The Hall–Kier alpha value is -3.26. The van der Waals surface area contributed by atoms with Gasteiger partial charge in [0.25, 0.3) is 0 Å². The highest BCUT2D eigenvalue weighted by atomic mass is 16.7. The molecule has 3 rings (SSSR count). The molecular weight excluding hydrogens is 358 g/mol. The summed E-state index contributed by atoms with van der Waals surface area (Å²) in [5, 5.41) is 8.84. The van der Waals surface area contributed by atoms with Crippen molar-refractivity contribution in [2.45, 2.75) is 40.0 Å². The van der Waals surface area contributed by atoms with E-state index in [1.807, 2.05) is 42.5 Å². The van der Waals surface area contributed by atoms with Crippen molar-refractivity contribution in [3.05, 3.63) is 48.0 Å². The number of nitrogens with one attached hydrogen (secondary N) is 2. The van der Waals surface area contributed by atoms with E-state index in [1.165, 1.54) is 18.9 Å². The molecule has 0 saturated carbocycles. The number of rotatable bonds is 3. The van der Waals surface area contributed by atoms with E-state index in [0.717, 1.165) is 16.3 Å². The van der Waals surface area contributed by atoms with Crippen molar-refractivity contribution in [2.24, 2.45) is 9.98 Å². The van der Waals surface area contributed by atoms with E-state index in [0.29, 0.717) is 0 Å². The predicted molar refractivity (Wildman–Crippen MR) is 107 cm³/mol. The van der Waals surface area contributed by atoms with Gasteiger partial charge in [0, 0.05) is 13.8 Å². The zero-order valence-electron chi connectivity index (χ0n) is 16.3. The van der Waals surface area contributed by atoms with Gasteiger partial charge in [-0.3, -0.25) is 25.1 Å². The Morgan fingerprint density at radius 3 is 2.43 bits per heavy atom. The van der Waals surface area contributed by atoms with E-state index in [4.69, 9.17) is 4.84 Å². The van der Waals surface area contributed by atoms with Crippen LogP contribution in [0, 0.1) is 0 Å². The Labute approximate surface area is 163 Å². The van der Waals surface area contributed by atoms with Crippen molar-refractivity contribution in [1.29, 1.82) is 0 Å². The van der Waals surface area contributed by atoms with Crippen molar-refractivity contribution in [3.8, 4) is 0 Å². The van der Waals surface area contributed by atoms with E-state index >= 15 is 0 Å². The highest BCUT2D eigenvalue weighted by Crippen LogP contribution is 2.24. The normalized spacial score (nSPS) is 15.6. The van der Waals surface area contributed by atoms with Gasteiger partial charge in [-0.1, -0.05) is 42.5 Å². The Bertz CT molecular complexity index is 975. The molecule has 0 aliphatic carbocycles. The van der Waals surface area contributed by atoms with Gasteiger partial charge in [-0.25, -0.2) is 4.99 Å². The molecule has 0 radical (unpaired) electrons. The van der Waals surface area contributed by atoms with Crippen LogP contribution in [0.5, 0.6) is 0 Å². The first-order chi connectivity index (χ1) is 13.3. The molecule has 1 aliphatic rings. The van der Waals surface area contributed by atoms with Crippen LogP contribution in [0.15, 0.2) is 52.4 Å². The smallest absolute Gasteiger partial charge is 0.235 e. The fourth-order valence-corrected chi connectivity index (χ4v) is 2.96. The molecule has 8 nitrogen and oxygen atoms in total. The lowest BCUT2D eigenvalue weighted by Crippen LogP contribution is -2.56. The first kappa shape index (κ1) is 19.5. The van der Waals surface area contributed by atoms with Gasteiger partial charge in [0.15, 0.2) is 5.66 Å². The lowest BCUT2D eigenvalue weighted by Gasteiger charge is -2.38. The topological polar surface area (TPSA) is 95.4 Å². The molecule has 2 aromatic carbocycles. The summed E-state index contributed by atoms with van der Waals surface area (Å²) in [6.07, 6.45) is 0. The van der Waals surface area contributed by atoms with Crippen molar-refractivity contribution in [1.82, 2.24) is 15.7 Å². The number of carbonyl (C=O) groups is 2. The summed E-state index contributed by atoms with van der Waals surface area (Å²) >= 11 is 0. The fraction of sp³-hybridized carbons (Fsp3) is 0.300. The third-order valence-electron chi connectivity index (χ3n) is 4.09. The highest BCUT2D eigenvalue weighted by Gasteiger charge is 2.36. The molecule has 2 amide bonds. The Morgan fingerprint density at radius 1 is 1.04 bits per heavy atom. The van der Waals surface area contributed by atoms with Gasteiger partial charge >= 0.3 is 0 Å². The standard InChI is InChI=1S/C20H23N5O3/c1-13(26)21-18-23-19(22-14(2)27)25(20(3,4)24-18)28-12-16-10-7-9-15-8-5-6-11-17(15)16/h5-11H,12H2,1-4H3,(H2,21,22,23,24,26,27). The van der Waals surface area contributed by atoms with Crippen LogP contribution in [0.3, 0.4) is 0 Å². The molecule has 2 N–H and O–H groups in total. The second kappa shape index (κ2) is 7.77. The first-order valence-corrected chi connectivity index (χ1v) is 8.90. The maximum Gasteiger partial charge on any atom is 0.235 e. The maximum atomic E-state index is 11.6. The molecule has 0 atom stereocenters. The van der Waals surface area contributed by atoms with Gasteiger partial charge in [-0.2, -0.15) is 10.1 Å². The van der Waals surface area contributed by atoms with Crippen LogP contribution in [-0.4, -0.2) is 34.5 Å². The van der Waals surface area contributed by atoms with Crippen LogP contribution in [-0.2, 0) is 21.0 Å². The lowest BCUT2D eigenvalue weighted by molar-refractivity contribution is -0.168. The zero-order valence-corrected chi connectivity index (χ0v) is 16.3. The molecule has 28 heavy (non-hydrogen) atoms. The van der Waals surface area contributed by atoms with Gasteiger partial charge in [0.05, 0.1) is 0 Å². The van der Waals surface area contributed by atoms with Gasteiger partial charge in [0.2, 0.25) is 23.7 Å². The largest absolute Gasteiger partial charge is 0.295 e. The number of amides is 2. The number of guanidine groups is 2. The molecular formula is C20H23N5O3. The number of nitrogens with zero attached hydrogens (tertiary/aromatic N) is 3. The van der Waals surface area contributed by atoms with Crippen LogP contribution in [0.2, 0.25) is 0 Å². The molecule has 0 unspecified atom stereocenters. The minimum atomic E-state index is -0.901. The molecule has 0 spiro atoms. The average molecular weight is 381 g/mol. The minimum Gasteiger partial charge on any atom is -0.295 e. The van der Waals surface area contributed by atoms with Crippen molar-refractivity contribution in [2.75, 3.05) is 0 Å². The molecule has 0 bridgehead atoms. The number of hydroxylamine groups is 2.